The fourth-order valence-corrected chi connectivity index (χ4v) is 2.38. The maximum Gasteiger partial charge on any atom is 0.248 e. The molecule has 0 fully saturated rings. The van der Waals surface area contributed by atoms with Crippen molar-refractivity contribution in [3.63, 3.8) is 0 Å². The van der Waals surface area contributed by atoms with E-state index in [0.717, 1.165) is 22.2 Å². The molecule has 3 rings (SSSR count). The number of rotatable bonds is 4. The van der Waals surface area contributed by atoms with E-state index >= 15 is 0 Å². The largest absolute Gasteiger partial charge is 0.326 e. The number of fused-ring (bicyclic) bond motifs is 1. The van der Waals surface area contributed by atoms with Crippen LogP contribution in [0, 0.1) is 0 Å². The molecule has 2 amide bonds. The minimum Gasteiger partial charge on any atom is -0.326 e. The van der Waals surface area contributed by atoms with Crippen LogP contribution in [0.4, 0.5) is 11.4 Å². The molecule has 0 aliphatic heterocycles. The second kappa shape index (κ2) is 7.40. The molecule has 0 unspecified atom stereocenters. The highest BCUT2D eigenvalue weighted by Crippen LogP contribution is 2.16. The topological polar surface area (TPSA) is 71.1 Å². The van der Waals surface area contributed by atoms with Gasteiger partial charge in [0.05, 0.1) is 17.4 Å². The number of amides is 2. The Morgan fingerprint density at radius 1 is 0.960 bits per heavy atom. The number of benzene rings is 2. The highest BCUT2D eigenvalue weighted by Gasteiger charge is 2.01. The lowest BCUT2D eigenvalue weighted by Gasteiger charge is -2.04. The molecule has 0 aliphatic rings. The number of carbonyl (C=O) groups is 2. The van der Waals surface area contributed by atoms with Gasteiger partial charge in [0, 0.05) is 24.1 Å². The lowest BCUT2D eigenvalue weighted by atomic mass is 10.2. The van der Waals surface area contributed by atoms with Crippen LogP contribution >= 0.6 is 0 Å². The Morgan fingerprint density at radius 3 is 2.48 bits per heavy atom. The first kappa shape index (κ1) is 16.4. The molecule has 0 atom stereocenters. The van der Waals surface area contributed by atoms with Crippen LogP contribution < -0.4 is 10.6 Å². The van der Waals surface area contributed by atoms with Gasteiger partial charge in [-0.05, 0) is 35.9 Å². The molecule has 0 saturated carbocycles. The van der Waals surface area contributed by atoms with Crippen LogP contribution in [0.15, 0.2) is 66.9 Å². The second-order valence-electron chi connectivity index (χ2n) is 5.54. The van der Waals surface area contributed by atoms with E-state index in [1.54, 1.807) is 24.4 Å². The number of aromatic nitrogens is 1. The van der Waals surface area contributed by atoms with Crippen molar-refractivity contribution < 1.29 is 9.59 Å². The van der Waals surface area contributed by atoms with Crippen LogP contribution in [0.1, 0.15) is 12.5 Å². The Hall–Kier alpha value is -3.47. The summed E-state index contributed by atoms with van der Waals surface area (Å²) in [7, 11) is 0. The van der Waals surface area contributed by atoms with Crippen molar-refractivity contribution in [3.05, 3.63) is 72.4 Å². The van der Waals surface area contributed by atoms with E-state index in [1.165, 1.54) is 13.0 Å². The van der Waals surface area contributed by atoms with Gasteiger partial charge < -0.3 is 10.6 Å². The van der Waals surface area contributed by atoms with Crippen molar-refractivity contribution in [2.45, 2.75) is 6.92 Å². The molecule has 2 N–H and O–H groups in total. The summed E-state index contributed by atoms with van der Waals surface area (Å²) in [6.45, 7) is 1.46. The van der Waals surface area contributed by atoms with E-state index in [9.17, 15) is 9.59 Å². The van der Waals surface area contributed by atoms with E-state index in [1.807, 2.05) is 42.5 Å². The third-order valence-corrected chi connectivity index (χ3v) is 3.52. The number of hydrogen-bond donors (Lipinski definition) is 2. The van der Waals surface area contributed by atoms with Gasteiger partial charge in [-0.3, -0.25) is 14.6 Å². The lowest BCUT2D eigenvalue weighted by molar-refractivity contribution is -0.114. The van der Waals surface area contributed by atoms with Crippen LogP contribution in [-0.4, -0.2) is 16.8 Å². The molecule has 0 aliphatic carbocycles. The van der Waals surface area contributed by atoms with Crippen molar-refractivity contribution >= 4 is 40.2 Å². The Morgan fingerprint density at radius 2 is 1.72 bits per heavy atom. The smallest absolute Gasteiger partial charge is 0.248 e. The zero-order valence-corrected chi connectivity index (χ0v) is 13.7. The second-order valence-corrected chi connectivity index (χ2v) is 5.54. The highest BCUT2D eigenvalue weighted by atomic mass is 16.2. The van der Waals surface area contributed by atoms with Gasteiger partial charge in [0.1, 0.15) is 0 Å². The van der Waals surface area contributed by atoms with E-state index in [2.05, 4.69) is 15.6 Å². The Bertz CT molecular complexity index is 947. The predicted molar refractivity (Wildman–Crippen MR) is 100 cm³/mol. The number of para-hydroxylation sites is 1. The SMILES string of the molecule is CC(=O)Nc1ccc(C=CC(=O)Nc2cnc3ccccc3c2)cc1. The van der Waals surface area contributed by atoms with Crippen molar-refractivity contribution in [1.82, 2.24) is 4.98 Å². The fraction of sp³-hybridized carbons (Fsp3) is 0.0500. The molecular weight excluding hydrogens is 314 g/mol. The lowest BCUT2D eigenvalue weighted by Crippen LogP contribution is -2.08. The summed E-state index contributed by atoms with van der Waals surface area (Å²) in [4.78, 5) is 27.3. The fourth-order valence-electron chi connectivity index (χ4n) is 2.38. The van der Waals surface area contributed by atoms with Gasteiger partial charge in [0.15, 0.2) is 0 Å². The minimum absolute atomic E-state index is 0.119. The number of pyridine rings is 1. The first-order chi connectivity index (χ1) is 12.1. The van der Waals surface area contributed by atoms with Crippen molar-refractivity contribution in [3.8, 4) is 0 Å². The summed E-state index contributed by atoms with van der Waals surface area (Å²) in [5.41, 5.74) is 3.11. The summed E-state index contributed by atoms with van der Waals surface area (Å²) in [6, 6.07) is 16.8. The summed E-state index contributed by atoms with van der Waals surface area (Å²) in [5.74, 6) is -0.352. The molecule has 0 spiro atoms. The summed E-state index contributed by atoms with van der Waals surface area (Å²) >= 11 is 0. The van der Waals surface area contributed by atoms with Gasteiger partial charge in [-0.1, -0.05) is 30.3 Å². The van der Waals surface area contributed by atoms with Gasteiger partial charge >= 0.3 is 0 Å². The molecule has 0 radical (unpaired) electrons. The first-order valence-electron chi connectivity index (χ1n) is 7.82. The van der Waals surface area contributed by atoms with Crippen LogP contribution in [0.2, 0.25) is 0 Å². The average molecular weight is 331 g/mol. The molecule has 5 heteroatoms. The highest BCUT2D eigenvalue weighted by molar-refractivity contribution is 6.02. The predicted octanol–water partition coefficient (Wildman–Crippen LogP) is 3.85. The quantitative estimate of drug-likeness (QED) is 0.714. The minimum atomic E-state index is -0.233. The van der Waals surface area contributed by atoms with Gasteiger partial charge in [0.2, 0.25) is 11.8 Å². The molecule has 1 aromatic heterocycles. The summed E-state index contributed by atoms with van der Waals surface area (Å²) in [6.07, 6.45) is 4.81. The molecule has 1 heterocycles. The standard InChI is InChI=1S/C20H17N3O2/c1-14(24)22-17-9-6-15(7-10-17)8-11-20(25)23-18-12-16-4-2-3-5-19(16)21-13-18/h2-13H,1H3,(H,22,24)(H,23,25). The van der Waals surface area contributed by atoms with Crippen LogP contribution in [0.3, 0.4) is 0 Å². The van der Waals surface area contributed by atoms with Crippen molar-refractivity contribution in [2.24, 2.45) is 0 Å². The van der Waals surface area contributed by atoms with Crippen LogP contribution in [-0.2, 0) is 9.59 Å². The molecular formula is C20H17N3O2. The summed E-state index contributed by atoms with van der Waals surface area (Å²) in [5, 5.41) is 6.46. The summed E-state index contributed by atoms with van der Waals surface area (Å²) < 4.78 is 0. The third kappa shape index (κ3) is 4.51. The van der Waals surface area contributed by atoms with E-state index < -0.39 is 0 Å². The van der Waals surface area contributed by atoms with Crippen molar-refractivity contribution in [1.29, 1.82) is 0 Å². The Labute approximate surface area is 145 Å². The zero-order valence-electron chi connectivity index (χ0n) is 13.7. The monoisotopic (exact) mass is 331 g/mol. The molecule has 124 valence electrons. The number of nitrogens with zero attached hydrogens (tertiary/aromatic N) is 1. The van der Waals surface area contributed by atoms with Gasteiger partial charge in [-0.2, -0.15) is 0 Å². The van der Waals surface area contributed by atoms with Crippen molar-refractivity contribution in [2.75, 3.05) is 10.6 Å². The van der Waals surface area contributed by atoms with E-state index in [4.69, 9.17) is 0 Å². The molecule has 0 saturated heterocycles. The van der Waals surface area contributed by atoms with Gasteiger partial charge in [0.25, 0.3) is 0 Å². The number of nitrogens with one attached hydrogen (secondary N) is 2. The van der Waals surface area contributed by atoms with Crippen LogP contribution in [0.5, 0.6) is 0 Å². The van der Waals surface area contributed by atoms with Gasteiger partial charge in [-0.15, -0.1) is 0 Å². The molecule has 3 aromatic rings. The number of hydrogen-bond acceptors (Lipinski definition) is 3. The maximum absolute atomic E-state index is 12.1. The zero-order chi connectivity index (χ0) is 17.6. The number of carbonyl (C=O) groups excluding carboxylic acids is 2. The molecule has 2 aromatic carbocycles. The Kier molecular flexibility index (Phi) is 4.85. The van der Waals surface area contributed by atoms with E-state index in [0.29, 0.717) is 5.69 Å². The van der Waals surface area contributed by atoms with Crippen LogP contribution in [0.25, 0.3) is 17.0 Å². The Balaban J connectivity index is 1.64. The average Bonchev–Trinajstić information content (AvgIpc) is 2.60. The van der Waals surface area contributed by atoms with Gasteiger partial charge in [-0.25, -0.2) is 0 Å². The molecule has 0 bridgehead atoms. The number of anilines is 2. The molecule has 5 nitrogen and oxygen atoms in total. The molecule has 25 heavy (non-hydrogen) atoms. The normalized spacial score (nSPS) is 10.8. The maximum atomic E-state index is 12.1. The van der Waals surface area contributed by atoms with E-state index in [-0.39, 0.29) is 11.8 Å². The third-order valence-electron chi connectivity index (χ3n) is 3.52. The first-order valence-corrected chi connectivity index (χ1v) is 7.82.